The van der Waals surface area contributed by atoms with E-state index in [2.05, 4.69) is 25.4 Å². The van der Waals surface area contributed by atoms with Gasteiger partial charge in [-0.05, 0) is 29.5 Å². The monoisotopic (exact) mass is 295 g/mol. The minimum Gasteiger partial charge on any atom is -0.482 e. The lowest BCUT2D eigenvalue weighted by Crippen LogP contribution is -2.19. The molecule has 0 saturated heterocycles. The average molecular weight is 295 g/mol. The van der Waals surface area contributed by atoms with Crippen molar-refractivity contribution < 1.29 is 19.4 Å². The normalized spacial score (nSPS) is 9.80. The van der Waals surface area contributed by atoms with E-state index in [4.69, 9.17) is 9.84 Å². The van der Waals surface area contributed by atoms with E-state index >= 15 is 0 Å². The van der Waals surface area contributed by atoms with Gasteiger partial charge in [0.05, 0.1) is 0 Å². The average Bonchev–Trinajstić information content (AvgIpc) is 2.90. The summed E-state index contributed by atoms with van der Waals surface area (Å²) in [6, 6.07) is 5.77. The zero-order valence-electron chi connectivity index (χ0n) is 9.94. The first kappa shape index (κ1) is 13.7. The molecular formula is C10H9N5O4S. The number of carbonyl (C=O) groups excluding carboxylic acids is 1. The van der Waals surface area contributed by atoms with Gasteiger partial charge in [-0.2, -0.15) is 0 Å². The second kappa shape index (κ2) is 6.43. The molecule has 0 aliphatic heterocycles. The lowest BCUT2D eigenvalue weighted by molar-refractivity contribution is -0.139. The lowest BCUT2D eigenvalue weighted by Gasteiger charge is -2.06. The van der Waals surface area contributed by atoms with Crippen molar-refractivity contribution in [2.75, 3.05) is 17.2 Å². The predicted octanol–water partition coefficient (Wildman–Crippen LogP) is 1.04. The van der Waals surface area contributed by atoms with Crippen molar-refractivity contribution in [2.45, 2.75) is 0 Å². The molecule has 0 aliphatic rings. The highest BCUT2D eigenvalue weighted by atomic mass is 32.1. The largest absolute Gasteiger partial charge is 0.482 e. The molecule has 0 spiro atoms. The van der Waals surface area contributed by atoms with Crippen LogP contribution in [0, 0.1) is 0 Å². The number of amides is 2. The number of hydrogen-bond acceptors (Lipinski definition) is 7. The molecular weight excluding hydrogens is 286 g/mol. The van der Waals surface area contributed by atoms with Crippen LogP contribution in [-0.2, 0) is 4.79 Å². The number of aliphatic carboxylic acids is 1. The van der Waals surface area contributed by atoms with Crippen LogP contribution >= 0.6 is 11.5 Å². The summed E-state index contributed by atoms with van der Waals surface area (Å²) in [5.74, 6) is -0.663. The van der Waals surface area contributed by atoms with Crippen molar-refractivity contribution in [3.8, 4) is 5.75 Å². The molecule has 0 atom stereocenters. The number of rotatable bonds is 5. The highest BCUT2D eigenvalue weighted by Gasteiger charge is 2.06. The molecule has 20 heavy (non-hydrogen) atoms. The molecule has 104 valence electrons. The topological polar surface area (TPSA) is 126 Å². The Balaban J connectivity index is 1.86. The van der Waals surface area contributed by atoms with Gasteiger partial charge in [0.25, 0.3) is 0 Å². The number of anilines is 2. The van der Waals surface area contributed by atoms with E-state index in [0.29, 0.717) is 11.4 Å². The highest BCUT2D eigenvalue weighted by molar-refractivity contribution is 7.09. The Kier molecular flexibility index (Phi) is 4.39. The van der Waals surface area contributed by atoms with Crippen molar-refractivity contribution in [3.05, 3.63) is 24.3 Å². The first-order valence-corrected chi connectivity index (χ1v) is 6.08. The fourth-order valence-electron chi connectivity index (χ4n) is 1.22. The molecule has 0 saturated carbocycles. The van der Waals surface area contributed by atoms with Crippen molar-refractivity contribution in [1.82, 2.24) is 14.8 Å². The van der Waals surface area contributed by atoms with Crippen LogP contribution < -0.4 is 15.4 Å². The summed E-state index contributed by atoms with van der Waals surface area (Å²) in [6.07, 6.45) is 0. The number of carboxylic acids is 1. The van der Waals surface area contributed by atoms with E-state index < -0.39 is 18.6 Å². The Morgan fingerprint density at radius 3 is 2.60 bits per heavy atom. The minimum atomic E-state index is -1.06. The molecule has 1 aromatic heterocycles. The number of carboxylic acid groups (broad SMARTS) is 1. The van der Waals surface area contributed by atoms with Gasteiger partial charge in [-0.25, -0.2) is 9.59 Å². The number of carbonyl (C=O) groups is 2. The number of aromatic nitrogens is 3. The number of ether oxygens (including phenoxy) is 1. The molecule has 1 aromatic carbocycles. The van der Waals surface area contributed by atoms with Crippen molar-refractivity contribution in [3.63, 3.8) is 0 Å². The Hall–Kier alpha value is -2.75. The van der Waals surface area contributed by atoms with Crippen LogP contribution in [0.1, 0.15) is 0 Å². The van der Waals surface area contributed by atoms with Crippen LogP contribution in [0.3, 0.4) is 0 Å². The summed E-state index contributed by atoms with van der Waals surface area (Å²) in [5.41, 5.74) is 0.516. The van der Waals surface area contributed by atoms with Gasteiger partial charge in [-0.15, -0.1) is 0 Å². The van der Waals surface area contributed by atoms with Gasteiger partial charge in [0.2, 0.25) is 5.13 Å². The van der Waals surface area contributed by atoms with Gasteiger partial charge in [-0.1, -0.05) is 9.59 Å². The van der Waals surface area contributed by atoms with E-state index in [1.165, 1.54) is 0 Å². The third kappa shape index (κ3) is 4.17. The summed E-state index contributed by atoms with van der Waals surface area (Å²) >= 11 is 0.954. The number of nitrogens with one attached hydrogen (secondary N) is 2. The fraction of sp³-hybridized carbons (Fsp3) is 0.100. The second-order valence-corrected chi connectivity index (χ2v) is 4.19. The summed E-state index contributed by atoms with van der Waals surface area (Å²) in [6.45, 7) is -0.419. The summed E-state index contributed by atoms with van der Waals surface area (Å²) < 4.78 is 8.46. The molecule has 0 aliphatic carbocycles. The molecule has 2 amide bonds. The number of nitrogens with zero attached hydrogens (tertiary/aromatic N) is 3. The third-order valence-corrected chi connectivity index (χ3v) is 2.51. The first-order chi connectivity index (χ1) is 9.63. The van der Waals surface area contributed by atoms with Crippen LogP contribution in [-0.4, -0.2) is 38.5 Å². The Labute approximate surface area is 116 Å². The van der Waals surface area contributed by atoms with E-state index in [-0.39, 0.29) is 5.13 Å². The van der Waals surface area contributed by atoms with Crippen LogP contribution in [0.5, 0.6) is 5.75 Å². The SMILES string of the molecule is O=C(O)COc1ccc(NC(=O)Nc2nnns2)cc1. The molecule has 9 nitrogen and oxygen atoms in total. The smallest absolute Gasteiger partial charge is 0.341 e. The Morgan fingerprint density at radius 2 is 2.00 bits per heavy atom. The third-order valence-electron chi connectivity index (χ3n) is 1.99. The molecule has 0 radical (unpaired) electrons. The maximum Gasteiger partial charge on any atom is 0.341 e. The molecule has 10 heteroatoms. The molecule has 2 rings (SSSR count). The molecule has 3 N–H and O–H groups in total. The van der Waals surface area contributed by atoms with Crippen LogP contribution in [0.2, 0.25) is 0 Å². The van der Waals surface area contributed by atoms with Gasteiger partial charge in [0.1, 0.15) is 5.75 Å². The molecule has 2 aromatic rings. The Bertz CT molecular complexity index is 586. The molecule has 0 unspecified atom stereocenters. The van der Waals surface area contributed by atoms with Gasteiger partial charge < -0.3 is 15.2 Å². The van der Waals surface area contributed by atoms with Crippen LogP contribution in [0.25, 0.3) is 0 Å². The van der Waals surface area contributed by atoms with Gasteiger partial charge in [0.15, 0.2) is 6.61 Å². The maximum absolute atomic E-state index is 11.6. The van der Waals surface area contributed by atoms with Gasteiger partial charge >= 0.3 is 12.0 Å². The van der Waals surface area contributed by atoms with Gasteiger partial charge in [-0.3, -0.25) is 5.32 Å². The van der Waals surface area contributed by atoms with Crippen molar-refractivity contribution in [1.29, 1.82) is 0 Å². The number of urea groups is 1. The second-order valence-electron chi connectivity index (χ2n) is 3.45. The zero-order chi connectivity index (χ0) is 14.4. The van der Waals surface area contributed by atoms with Crippen molar-refractivity contribution in [2.24, 2.45) is 0 Å². The quantitative estimate of drug-likeness (QED) is 0.752. The Morgan fingerprint density at radius 1 is 1.25 bits per heavy atom. The zero-order valence-corrected chi connectivity index (χ0v) is 10.8. The maximum atomic E-state index is 11.6. The van der Waals surface area contributed by atoms with Gasteiger partial charge in [0, 0.05) is 17.2 Å². The minimum absolute atomic E-state index is 0.281. The lowest BCUT2D eigenvalue weighted by atomic mass is 10.3. The standard InChI is InChI=1S/C10H9N5O4S/c16-8(17)5-19-7-3-1-6(2-4-7)11-9(18)12-10-13-14-15-20-10/h1-4H,5H2,(H,16,17)(H2,11,12,13,15,18). The summed E-state index contributed by atoms with van der Waals surface area (Å²) in [7, 11) is 0. The van der Waals surface area contributed by atoms with E-state index in [1.807, 2.05) is 0 Å². The first-order valence-electron chi connectivity index (χ1n) is 5.31. The molecule has 0 bridgehead atoms. The van der Waals surface area contributed by atoms with E-state index in [1.54, 1.807) is 24.3 Å². The molecule has 0 fully saturated rings. The number of hydrogen-bond donors (Lipinski definition) is 3. The molecule has 1 heterocycles. The summed E-state index contributed by atoms with van der Waals surface area (Å²) in [5, 5.41) is 20.7. The van der Waals surface area contributed by atoms with Crippen LogP contribution in [0.15, 0.2) is 24.3 Å². The highest BCUT2D eigenvalue weighted by Crippen LogP contribution is 2.16. The summed E-state index contributed by atoms with van der Waals surface area (Å²) in [4.78, 5) is 21.9. The van der Waals surface area contributed by atoms with E-state index in [0.717, 1.165) is 11.5 Å². The van der Waals surface area contributed by atoms with Crippen LogP contribution in [0.4, 0.5) is 15.6 Å². The van der Waals surface area contributed by atoms with E-state index in [9.17, 15) is 9.59 Å². The predicted molar refractivity (Wildman–Crippen MR) is 69.9 cm³/mol. The fourth-order valence-corrected chi connectivity index (χ4v) is 1.58. The number of benzene rings is 1. The van der Waals surface area contributed by atoms with Crippen molar-refractivity contribution >= 4 is 34.4 Å².